The van der Waals surface area contributed by atoms with Gasteiger partial charge in [0.25, 0.3) is 0 Å². The largest absolute Gasteiger partial charge is 0.383 e. The van der Waals surface area contributed by atoms with Gasteiger partial charge in [-0.05, 0) is 75.2 Å². The second kappa shape index (κ2) is 5.37. The molecule has 0 aromatic carbocycles. The molecule has 0 aliphatic heterocycles. The Kier molecular flexibility index (Phi) is 3.97. The van der Waals surface area contributed by atoms with Crippen molar-refractivity contribution in [3.8, 4) is 0 Å². The van der Waals surface area contributed by atoms with Crippen molar-refractivity contribution in [2.45, 2.75) is 31.8 Å². The number of hydrogen-bond donors (Lipinski definition) is 1. The fraction of sp³-hybridized carbons (Fsp3) is 0.385. The van der Waals surface area contributed by atoms with Crippen molar-refractivity contribution in [3.05, 3.63) is 40.6 Å². The summed E-state index contributed by atoms with van der Waals surface area (Å²) in [5, 5.41) is 10.5. The van der Waals surface area contributed by atoms with Crippen LogP contribution in [0.3, 0.4) is 0 Å². The van der Waals surface area contributed by atoms with Crippen LogP contribution in [0.4, 0.5) is 0 Å². The predicted octanol–water partition coefficient (Wildman–Crippen LogP) is 5.30. The van der Waals surface area contributed by atoms with Crippen molar-refractivity contribution in [1.82, 2.24) is 0 Å². The molecule has 1 aliphatic carbocycles. The number of thiophene rings is 2. The quantitative estimate of drug-likeness (QED) is 0.716. The smallest absolute Gasteiger partial charge is 0.115 e. The van der Waals surface area contributed by atoms with E-state index in [0.29, 0.717) is 0 Å². The number of hydrogen-bond acceptors (Lipinski definition) is 3. The summed E-state index contributed by atoms with van der Waals surface area (Å²) in [6, 6.07) is 4.19. The SMILES string of the molecule is OC(c1cc2c(s1)CCCC2)c1cc(Br)sc1Br. The van der Waals surface area contributed by atoms with Gasteiger partial charge in [-0.1, -0.05) is 0 Å². The Hall–Kier alpha value is 0.320. The molecule has 2 heterocycles. The Bertz CT molecular complexity index is 550. The number of rotatable bonds is 2. The molecule has 0 saturated heterocycles. The molecule has 0 radical (unpaired) electrons. The first-order valence-corrected chi connectivity index (χ1v) is 9.11. The highest BCUT2D eigenvalue weighted by Crippen LogP contribution is 2.41. The van der Waals surface area contributed by atoms with Gasteiger partial charge in [0.1, 0.15) is 6.10 Å². The van der Waals surface area contributed by atoms with E-state index in [1.54, 1.807) is 22.7 Å². The molecule has 3 rings (SSSR count). The summed E-state index contributed by atoms with van der Waals surface area (Å²) in [5.74, 6) is 0. The van der Waals surface area contributed by atoms with Crippen molar-refractivity contribution in [2.75, 3.05) is 0 Å². The third kappa shape index (κ3) is 2.48. The standard InChI is InChI=1S/C13H12Br2OS2/c14-11-6-8(13(15)18-11)12(16)10-5-7-3-1-2-4-9(7)17-10/h5-6,12,16H,1-4H2. The van der Waals surface area contributed by atoms with E-state index >= 15 is 0 Å². The molecule has 2 aromatic heterocycles. The van der Waals surface area contributed by atoms with Crippen LogP contribution in [0, 0.1) is 0 Å². The maximum Gasteiger partial charge on any atom is 0.115 e. The first kappa shape index (κ1) is 13.3. The van der Waals surface area contributed by atoms with Crippen LogP contribution in [-0.2, 0) is 12.8 Å². The highest BCUT2D eigenvalue weighted by Gasteiger charge is 2.21. The van der Waals surface area contributed by atoms with E-state index in [-0.39, 0.29) is 0 Å². The van der Waals surface area contributed by atoms with E-state index in [4.69, 9.17) is 0 Å². The van der Waals surface area contributed by atoms with Crippen LogP contribution in [0.2, 0.25) is 0 Å². The van der Waals surface area contributed by atoms with Gasteiger partial charge >= 0.3 is 0 Å². The summed E-state index contributed by atoms with van der Waals surface area (Å²) >= 11 is 10.4. The molecule has 2 aromatic rings. The Labute approximate surface area is 131 Å². The molecule has 0 fully saturated rings. The van der Waals surface area contributed by atoms with Crippen LogP contribution in [0.25, 0.3) is 0 Å². The summed E-state index contributed by atoms with van der Waals surface area (Å²) < 4.78 is 2.05. The van der Waals surface area contributed by atoms with Gasteiger partial charge in [-0.15, -0.1) is 22.7 Å². The summed E-state index contributed by atoms with van der Waals surface area (Å²) in [6.07, 6.45) is 4.43. The summed E-state index contributed by atoms with van der Waals surface area (Å²) in [6.45, 7) is 0. The first-order chi connectivity index (χ1) is 8.65. The van der Waals surface area contributed by atoms with E-state index in [9.17, 15) is 5.11 Å². The molecule has 5 heteroatoms. The second-order valence-electron chi connectivity index (χ2n) is 4.49. The second-order valence-corrected chi connectivity index (χ2v) is 9.40. The van der Waals surface area contributed by atoms with E-state index in [2.05, 4.69) is 37.9 Å². The van der Waals surface area contributed by atoms with Crippen LogP contribution < -0.4 is 0 Å². The molecule has 96 valence electrons. The molecule has 1 aliphatic rings. The van der Waals surface area contributed by atoms with Gasteiger partial charge in [-0.3, -0.25) is 0 Å². The molecular weight excluding hydrogens is 396 g/mol. The third-order valence-electron chi connectivity index (χ3n) is 3.26. The minimum Gasteiger partial charge on any atom is -0.383 e. The topological polar surface area (TPSA) is 20.2 Å². The summed E-state index contributed by atoms with van der Waals surface area (Å²) in [4.78, 5) is 2.55. The first-order valence-electron chi connectivity index (χ1n) is 5.89. The van der Waals surface area contributed by atoms with Crippen molar-refractivity contribution >= 4 is 54.5 Å². The van der Waals surface area contributed by atoms with E-state index in [1.807, 2.05) is 6.07 Å². The van der Waals surface area contributed by atoms with Crippen LogP contribution >= 0.6 is 54.5 Å². The number of aryl methyl sites for hydroxylation is 2. The van der Waals surface area contributed by atoms with Gasteiger partial charge in [0.15, 0.2) is 0 Å². The fourth-order valence-electron chi connectivity index (χ4n) is 2.34. The zero-order valence-corrected chi connectivity index (χ0v) is 14.4. The molecule has 1 N–H and O–H groups in total. The zero-order chi connectivity index (χ0) is 12.7. The lowest BCUT2D eigenvalue weighted by Crippen LogP contribution is -1.97. The Morgan fingerprint density at radius 2 is 1.89 bits per heavy atom. The van der Waals surface area contributed by atoms with Crippen LogP contribution in [0.1, 0.15) is 39.8 Å². The average molecular weight is 408 g/mol. The molecule has 1 nitrogen and oxygen atoms in total. The lowest BCUT2D eigenvalue weighted by Gasteiger charge is -2.08. The van der Waals surface area contributed by atoms with E-state index in [0.717, 1.165) is 18.0 Å². The van der Waals surface area contributed by atoms with Crippen molar-refractivity contribution in [2.24, 2.45) is 0 Å². The number of aliphatic hydroxyl groups excluding tert-OH is 1. The van der Waals surface area contributed by atoms with Gasteiger partial charge in [0.2, 0.25) is 0 Å². The fourth-order valence-corrected chi connectivity index (χ4v) is 6.49. The predicted molar refractivity (Wildman–Crippen MR) is 84.7 cm³/mol. The van der Waals surface area contributed by atoms with E-state index < -0.39 is 6.10 Å². The van der Waals surface area contributed by atoms with Crippen molar-refractivity contribution in [1.29, 1.82) is 0 Å². The van der Waals surface area contributed by atoms with Gasteiger partial charge in [-0.2, -0.15) is 0 Å². The number of halogens is 2. The summed E-state index contributed by atoms with van der Waals surface area (Å²) in [7, 11) is 0. The Balaban J connectivity index is 1.94. The van der Waals surface area contributed by atoms with Crippen LogP contribution in [0.15, 0.2) is 19.7 Å². The molecule has 0 saturated carbocycles. The van der Waals surface area contributed by atoms with Crippen molar-refractivity contribution in [3.63, 3.8) is 0 Å². The monoisotopic (exact) mass is 406 g/mol. The Morgan fingerprint density at radius 3 is 2.56 bits per heavy atom. The van der Waals surface area contributed by atoms with Gasteiger partial charge in [-0.25, -0.2) is 0 Å². The number of fused-ring (bicyclic) bond motifs is 1. The highest BCUT2D eigenvalue weighted by molar-refractivity contribution is 9.12. The minimum absolute atomic E-state index is 0.502. The van der Waals surface area contributed by atoms with E-state index in [1.165, 1.54) is 36.1 Å². The van der Waals surface area contributed by atoms with Gasteiger partial charge < -0.3 is 5.11 Å². The van der Waals surface area contributed by atoms with Gasteiger partial charge in [0, 0.05) is 15.3 Å². The highest BCUT2D eigenvalue weighted by atomic mass is 79.9. The zero-order valence-electron chi connectivity index (χ0n) is 9.58. The maximum absolute atomic E-state index is 10.5. The lowest BCUT2D eigenvalue weighted by molar-refractivity contribution is 0.224. The maximum atomic E-state index is 10.5. The van der Waals surface area contributed by atoms with Crippen LogP contribution in [0.5, 0.6) is 0 Å². The average Bonchev–Trinajstić information content (AvgIpc) is 2.91. The molecule has 1 atom stereocenters. The molecule has 0 bridgehead atoms. The molecular formula is C13H12Br2OS2. The van der Waals surface area contributed by atoms with Crippen molar-refractivity contribution < 1.29 is 5.11 Å². The van der Waals surface area contributed by atoms with Gasteiger partial charge in [0.05, 0.1) is 7.57 Å². The molecule has 0 amide bonds. The lowest BCUT2D eigenvalue weighted by atomic mass is 9.98. The molecule has 0 spiro atoms. The molecule has 18 heavy (non-hydrogen) atoms. The van der Waals surface area contributed by atoms with Crippen LogP contribution in [-0.4, -0.2) is 5.11 Å². The minimum atomic E-state index is -0.502. The molecule has 1 unspecified atom stereocenters. The Morgan fingerprint density at radius 1 is 1.11 bits per heavy atom. The summed E-state index contributed by atoms with van der Waals surface area (Å²) in [5.41, 5.74) is 2.41. The number of aliphatic hydroxyl groups is 1. The third-order valence-corrected chi connectivity index (χ3v) is 6.94. The normalized spacial score (nSPS) is 16.6.